The first-order chi connectivity index (χ1) is 17.1. The Kier molecular flexibility index (Phi) is 7.75. The second-order valence-electron chi connectivity index (χ2n) is 8.07. The minimum atomic E-state index is -4.15. The van der Waals surface area contributed by atoms with Crippen molar-refractivity contribution in [1.82, 2.24) is 10.3 Å². The number of carbonyl (C=O) groups excluding carboxylic acids is 2. The number of fused-ring (bicyclic) bond motifs is 1. The van der Waals surface area contributed by atoms with E-state index >= 15 is 0 Å². The van der Waals surface area contributed by atoms with E-state index in [-0.39, 0.29) is 68.4 Å². The third kappa shape index (κ3) is 5.59. The fraction of sp³-hybridized carbons (Fsp3) is 0.208. The average Bonchev–Trinajstić information content (AvgIpc) is 2.98. The first-order valence-corrected chi connectivity index (χ1v) is 13.3. The van der Waals surface area contributed by atoms with E-state index in [1.54, 1.807) is 24.3 Å². The van der Waals surface area contributed by atoms with E-state index in [1.165, 1.54) is 37.4 Å². The number of rotatable bonds is 6. The number of sulfonamides is 1. The van der Waals surface area contributed by atoms with E-state index in [2.05, 4.69) is 10.3 Å². The molecular weight excluding hydrogens is 549 g/mol. The van der Waals surface area contributed by atoms with Crippen LogP contribution in [0.5, 0.6) is 5.88 Å². The average molecular weight is 569 g/mol. The van der Waals surface area contributed by atoms with E-state index in [0.717, 1.165) is 4.31 Å². The van der Waals surface area contributed by atoms with Crippen molar-refractivity contribution in [2.45, 2.75) is 24.3 Å². The number of Topliss-reactive ketones (excluding diaryl/α,β-unsaturated/α-hetero) is 1. The van der Waals surface area contributed by atoms with E-state index in [0.29, 0.717) is 5.56 Å². The van der Waals surface area contributed by atoms with E-state index in [4.69, 9.17) is 39.5 Å². The first kappa shape index (κ1) is 26.2. The lowest BCUT2D eigenvalue weighted by Gasteiger charge is -2.26. The monoisotopic (exact) mass is 567 g/mol. The van der Waals surface area contributed by atoms with Gasteiger partial charge in [0.1, 0.15) is 12.3 Å². The molecule has 4 rings (SSSR count). The summed E-state index contributed by atoms with van der Waals surface area (Å²) in [6.45, 7) is 1.20. The molecule has 1 atom stereocenters. The summed E-state index contributed by atoms with van der Waals surface area (Å²) in [6.07, 6.45) is 1.29. The van der Waals surface area contributed by atoms with Crippen molar-refractivity contribution in [2.75, 3.05) is 17.5 Å². The Balaban J connectivity index is 1.76. The van der Waals surface area contributed by atoms with Gasteiger partial charge in [-0.15, -0.1) is 0 Å². The summed E-state index contributed by atoms with van der Waals surface area (Å²) < 4.78 is 34.2. The largest absolute Gasteiger partial charge is 0.474 e. The number of halogens is 3. The molecule has 0 aliphatic carbocycles. The quantitative estimate of drug-likeness (QED) is 0.437. The number of anilines is 1. The summed E-state index contributed by atoms with van der Waals surface area (Å²) in [7, 11) is -4.15. The highest BCUT2D eigenvalue weighted by Gasteiger charge is 2.34. The maximum Gasteiger partial charge on any atom is 0.264 e. The number of ketones is 1. The van der Waals surface area contributed by atoms with Gasteiger partial charge in [-0.1, -0.05) is 46.9 Å². The minimum absolute atomic E-state index is 0.00530. The first-order valence-electron chi connectivity index (χ1n) is 10.7. The van der Waals surface area contributed by atoms with Crippen LogP contribution >= 0.6 is 34.8 Å². The zero-order valence-corrected chi connectivity index (χ0v) is 22.0. The van der Waals surface area contributed by atoms with Gasteiger partial charge in [-0.05, 0) is 42.0 Å². The molecule has 2 heterocycles. The second-order valence-corrected chi connectivity index (χ2v) is 11.2. The van der Waals surface area contributed by atoms with Gasteiger partial charge in [-0.25, -0.2) is 13.4 Å². The van der Waals surface area contributed by atoms with Crippen LogP contribution in [0.15, 0.2) is 59.6 Å². The zero-order chi connectivity index (χ0) is 26.0. The molecule has 0 fully saturated rings. The zero-order valence-electron chi connectivity index (χ0n) is 18.9. The number of hydrogen-bond acceptors (Lipinski definition) is 6. The normalized spacial score (nSPS) is 15.4. The van der Waals surface area contributed by atoms with Crippen LogP contribution in [0.25, 0.3) is 0 Å². The highest BCUT2D eigenvalue weighted by Crippen LogP contribution is 2.35. The van der Waals surface area contributed by atoms with Gasteiger partial charge in [0.05, 0.1) is 33.1 Å². The molecule has 1 N–H and O–H groups in total. The van der Waals surface area contributed by atoms with Crippen LogP contribution in [0.2, 0.25) is 15.1 Å². The van der Waals surface area contributed by atoms with Gasteiger partial charge in [0, 0.05) is 24.6 Å². The van der Waals surface area contributed by atoms with Crippen LogP contribution < -0.4 is 14.4 Å². The molecule has 36 heavy (non-hydrogen) atoms. The van der Waals surface area contributed by atoms with Gasteiger partial charge in [0.2, 0.25) is 11.8 Å². The molecule has 1 amide bonds. The lowest BCUT2D eigenvalue weighted by Crippen LogP contribution is -2.46. The molecule has 1 aromatic heterocycles. The predicted octanol–water partition coefficient (Wildman–Crippen LogP) is 4.56. The fourth-order valence-corrected chi connectivity index (χ4v) is 6.20. The molecule has 3 aromatic rings. The molecule has 188 valence electrons. The molecule has 2 aromatic carbocycles. The molecule has 1 aliphatic heterocycles. The molecule has 8 nitrogen and oxygen atoms in total. The Morgan fingerprint density at radius 1 is 1.11 bits per heavy atom. The minimum Gasteiger partial charge on any atom is -0.474 e. The lowest BCUT2D eigenvalue weighted by molar-refractivity contribution is -0.119. The molecule has 0 bridgehead atoms. The van der Waals surface area contributed by atoms with E-state index in [9.17, 15) is 18.0 Å². The maximum atomic E-state index is 13.7. The fourth-order valence-electron chi connectivity index (χ4n) is 3.79. The van der Waals surface area contributed by atoms with Crippen molar-refractivity contribution in [2.24, 2.45) is 0 Å². The standard InChI is InChI=1S/C24H20Cl3N3O5S/c1-14(31)29-17-12-30(36(33,34)18-5-2-4-16(25)10-18)21-8-15(11-28-24(21)35-13-17)9-22(32)23-19(26)6-3-7-20(23)27/h2-8,10-11,17H,9,12-13H2,1H3,(H,29,31)/t17-/m1/s1. The van der Waals surface area contributed by atoms with Crippen molar-refractivity contribution in [3.05, 3.63) is 80.9 Å². The molecule has 1 aliphatic rings. The molecule has 12 heteroatoms. The summed E-state index contributed by atoms with van der Waals surface area (Å²) >= 11 is 18.4. The van der Waals surface area contributed by atoms with Crippen LogP contribution in [0.3, 0.4) is 0 Å². The topological polar surface area (TPSA) is 106 Å². The summed E-state index contributed by atoms with van der Waals surface area (Å²) in [5.41, 5.74) is 0.710. The number of ether oxygens (including phenoxy) is 1. The highest BCUT2D eigenvalue weighted by atomic mass is 35.5. The molecule has 0 spiro atoms. The van der Waals surface area contributed by atoms with Crippen molar-refractivity contribution >= 4 is 62.2 Å². The van der Waals surface area contributed by atoms with Crippen LogP contribution in [0.1, 0.15) is 22.8 Å². The van der Waals surface area contributed by atoms with Crippen molar-refractivity contribution in [3.63, 3.8) is 0 Å². The van der Waals surface area contributed by atoms with Gasteiger partial charge in [-0.3, -0.25) is 13.9 Å². The number of pyridine rings is 1. The van der Waals surface area contributed by atoms with Crippen LogP contribution in [0, 0.1) is 0 Å². The van der Waals surface area contributed by atoms with Crippen molar-refractivity contribution in [1.29, 1.82) is 0 Å². The van der Waals surface area contributed by atoms with Gasteiger partial charge in [0.25, 0.3) is 10.0 Å². The predicted molar refractivity (Wildman–Crippen MR) is 138 cm³/mol. The Hall–Kier alpha value is -2.85. The second kappa shape index (κ2) is 10.6. The Labute approximate surface area is 223 Å². The van der Waals surface area contributed by atoms with Gasteiger partial charge in [-0.2, -0.15) is 0 Å². The smallest absolute Gasteiger partial charge is 0.264 e. The van der Waals surface area contributed by atoms with E-state index < -0.39 is 16.1 Å². The number of nitrogens with zero attached hydrogens (tertiary/aromatic N) is 2. The molecule has 0 unspecified atom stereocenters. The SMILES string of the molecule is CC(=O)N[C@H]1COc2ncc(CC(=O)c3c(Cl)cccc3Cl)cc2N(S(=O)(=O)c2cccc(Cl)c2)C1. The number of carbonyl (C=O) groups is 2. The maximum absolute atomic E-state index is 13.7. The summed E-state index contributed by atoms with van der Waals surface area (Å²) in [5, 5.41) is 3.36. The van der Waals surface area contributed by atoms with Crippen LogP contribution in [-0.4, -0.2) is 44.3 Å². The van der Waals surface area contributed by atoms with Gasteiger partial charge >= 0.3 is 0 Å². The third-order valence-electron chi connectivity index (χ3n) is 5.36. The van der Waals surface area contributed by atoms with Crippen molar-refractivity contribution in [3.8, 4) is 5.88 Å². The van der Waals surface area contributed by atoms with Crippen LogP contribution in [0.4, 0.5) is 5.69 Å². The lowest BCUT2D eigenvalue weighted by atomic mass is 10.0. The number of hydrogen-bond donors (Lipinski definition) is 1. The molecular formula is C24H20Cl3N3O5S. The molecule has 0 saturated heterocycles. The van der Waals surface area contributed by atoms with Crippen LogP contribution in [-0.2, 0) is 21.2 Å². The molecule has 0 saturated carbocycles. The molecule has 0 radical (unpaired) electrons. The Bertz CT molecular complexity index is 1430. The number of nitrogens with one attached hydrogen (secondary N) is 1. The number of amides is 1. The van der Waals surface area contributed by atoms with E-state index in [1.807, 2.05) is 0 Å². The summed E-state index contributed by atoms with van der Waals surface area (Å²) in [6, 6.07) is 11.4. The van der Waals surface area contributed by atoms with Crippen molar-refractivity contribution < 1.29 is 22.7 Å². The Morgan fingerprint density at radius 3 is 2.47 bits per heavy atom. The van der Waals surface area contributed by atoms with Gasteiger partial charge < -0.3 is 10.1 Å². The summed E-state index contributed by atoms with van der Waals surface area (Å²) in [5.74, 6) is -0.659. The Morgan fingerprint density at radius 2 is 1.81 bits per heavy atom. The van der Waals surface area contributed by atoms with Gasteiger partial charge in [0.15, 0.2) is 5.78 Å². The third-order valence-corrected chi connectivity index (χ3v) is 8.00. The highest BCUT2D eigenvalue weighted by molar-refractivity contribution is 7.92. The number of benzene rings is 2. The number of aromatic nitrogens is 1. The summed E-state index contributed by atoms with van der Waals surface area (Å²) in [4.78, 5) is 28.9.